The Bertz CT molecular complexity index is 445. The van der Waals surface area contributed by atoms with Crippen LogP contribution >= 0.6 is 15.9 Å². The van der Waals surface area contributed by atoms with Crippen LogP contribution in [0.3, 0.4) is 0 Å². The zero-order valence-corrected chi connectivity index (χ0v) is 13.7. The SMILES string of the molecule is NCCNCCCCOc1cccc(Br)c1.O=C(O)C(=O)O. The largest absolute Gasteiger partial charge is 0.494 e. The molecule has 0 bridgehead atoms. The van der Waals surface area contributed by atoms with E-state index in [1.54, 1.807) is 0 Å². The second-order valence-corrected chi connectivity index (χ2v) is 5.08. The van der Waals surface area contributed by atoms with Crippen molar-refractivity contribution in [3.8, 4) is 5.75 Å². The molecule has 0 fully saturated rings. The molecule has 0 atom stereocenters. The molecule has 0 aliphatic heterocycles. The van der Waals surface area contributed by atoms with Gasteiger partial charge >= 0.3 is 11.9 Å². The number of hydrogen-bond donors (Lipinski definition) is 4. The van der Waals surface area contributed by atoms with E-state index in [1.165, 1.54) is 0 Å². The fraction of sp³-hybridized carbons (Fsp3) is 0.429. The summed E-state index contributed by atoms with van der Waals surface area (Å²) >= 11 is 3.41. The Balaban J connectivity index is 0.000000626. The third-order valence-corrected chi connectivity index (χ3v) is 2.81. The standard InChI is InChI=1S/C12H19BrN2O.C2H2O4/c13-11-4-3-5-12(10-11)16-9-2-1-7-15-8-6-14;3-1(4)2(5)6/h3-5,10,15H,1-2,6-9,14H2;(H,3,4)(H,5,6). The van der Waals surface area contributed by atoms with E-state index in [-0.39, 0.29) is 0 Å². The highest BCUT2D eigenvalue weighted by molar-refractivity contribution is 9.10. The molecule has 0 saturated heterocycles. The van der Waals surface area contributed by atoms with E-state index in [0.29, 0.717) is 6.54 Å². The summed E-state index contributed by atoms with van der Waals surface area (Å²) in [6.45, 7) is 3.38. The number of nitrogens with two attached hydrogens (primary N) is 1. The summed E-state index contributed by atoms with van der Waals surface area (Å²) in [5.74, 6) is -2.73. The van der Waals surface area contributed by atoms with Crippen LogP contribution in [0.1, 0.15) is 12.8 Å². The van der Waals surface area contributed by atoms with Crippen molar-refractivity contribution in [2.24, 2.45) is 5.73 Å². The van der Waals surface area contributed by atoms with Gasteiger partial charge < -0.3 is 26.0 Å². The lowest BCUT2D eigenvalue weighted by Gasteiger charge is -2.06. The third kappa shape index (κ3) is 12.1. The summed E-state index contributed by atoms with van der Waals surface area (Å²) in [4.78, 5) is 18.2. The van der Waals surface area contributed by atoms with Crippen molar-refractivity contribution in [2.75, 3.05) is 26.2 Å². The molecular formula is C14H21BrN2O5. The molecule has 1 aromatic rings. The monoisotopic (exact) mass is 376 g/mol. The zero-order chi connectivity index (χ0) is 16.8. The van der Waals surface area contributed by atoms with Crippen molar-refractivity contribution in [2.45, 2.75) is 12.8 Å². The molecule has 0 aliphatic carbocycles. The third-order valence-electron chi connectivity index (χ3n) is 2.32. The van der Waals surface area contributed by atoms with Crippen molar-refractivity contribution >= 4 is 27.9 Å². The smallest absolute Gasteiger partial charge is 0.414 e. The number of halogens is 1. The highest BCUT2D eigenvalue weighted by atomic mass is 79.9. The molecule has 0 saturated carbocycles. The predicted octanol–water partition coefficient (Wildman–Crippen LogP) is 1.31. The van der Waals surface area contributed by atoms with Gasteiger partial charge in [0, 0.05) is 17.6 Å². The molecule has 8 heteroatoms. The molecule has 0 aromatic heterocycles. The Morgan fingerprint density at radius 3 is 2.41 bits per heavy atom. The Morgan fingerprint density at radius 2 is 1.86 bits per heavy atom. The number of carboxylic acid groups (broad SMARTS) is 2. The molecule has 22 heavy (non-hydrogen) atoms. The molecule has 0 radical (unpaired) electrons. The first-order valence-corrected chi connectivity index (χ1v) is 7.52. The Hall–Kier alpha value is -1.64. The number of carbonyl (C=O) groups is 2. The number of carboxylic acids is 2. The molecule has 0 amide bonds. The van der Waals surface area contributed by atoms with Gasteiger partial charge in [0.15, 0.2) is 0 Å². The van der Waals surface area contributed by atoms with E-state index >= 15 is 0 Å². The summed E-state index contributed by atoms with van der Waals surface area (Å²) in [6.07, 6.45) is 2.18. The van der Waals surface area contributed by atoms with Crippen molar-refractivity contribution in [1.29, 1.82) is 0 Å². The second kappa shape index (κ2) is 13.1. The molecule has 1 aromatic carbocycles. The number of benzene rings is 1. The quantitative estimate of drug-likeness (QED) is 0.398. The van der Waals surface area contributed by atoms with E-state index in [0.717, 1.165) is 42.8 Å². The van der Waals surface area contributed by atoms with Gasteiger partial charge in [-0.25, -0.2) is 9.59 Å². The lowest BCUT2D eigenvalue weighted by molar-refractivity contribution is -0.159. The number of ether oxygens (including phenoxy) is 1. The molecule has 0 heterocycles. The van der Waals surface area contributed by atoms with Crippen LogP contribution in [-0.4, -0.2) is 48.4 Å². The average molecular weight is 377 g/mol. The maximum Gasteiger partial charge on any atom is 0.414 e. The molecule has 0 aliphatic rings. The van der Waals surface area contributed by atoms with Crippen LogP contribution in [0.15, 0.2) is 28.7 Å². The first kappa shape index (κ1) is 20.4. The fourth-order valence-corrected chi connectivity index (χ4v) is 1.70. The first-order chi connectivity index (χ1) is 10.5. The number of unbranched alkanes of at least 4 members (excludes halogenated alkanes) is 1. The van der Waals surface area contributed by atoms with Crippen molar-refractivity contribution in [1.82, 2.24) is 5.32 Å². The van der Waals surface area contributed by atoms with Gasteiger partial charge in [-0.2, -0.15) is 0 Å². The molecule has 124 valence electrons. The van der Waals surface area contributed by atoms with Crippen molar-refractivity contribution in [3.63, 3.8) is 0 Å². The molecular weight excluding hydrogens is 356 g/mol. The molecule has 5 N–H and O–H groups in total. The number of rotatable bonds is 8. The van der Waals surface area contributed by atoms with Gasteiger partial charge in [0.25, 0.3) is 0 Å². The minimum atomic E-state index is -1.82. The Morgan fingerprint density at radius 1 is 1.18 bits per heavy atom. The lowest BCUT2D eigenvalue weighted by Crippen LogP contribution is -2.23. The van der Waals surface area contributed by atoms with Crippen LogP contribution in [0.25, 0.3) is 0 Å². The van der Waals surface area contributed by atoms with Gasteiger partial charge in [0.05, 0.1) is 6.61 Å². The fourth-order valence-electron chi connectivity index (χ4n) is 1.33. The summed E-state index contributed by atoms with van der Waals surface area (Å²) < 4.78 is 6.66. The summed E-state index contributed by atoms with van der Waals surface area (Å²) in [6, 6.07) is 7.91. The highest BCUT2D eigenvalue weighted by Gasteiger charge is 2.04. The summed E-state index contributed by atoms with van der Waals surface area (Å²) in [7, 11) is 0. The first-order valence-electron chi connectivity index (χ1n) is 6.72. The molecule has 0 spiro atoms. The lowest BCUT2D eigenvalue weighted by atomic mass is 10.3. The zero-order valence-electron chi connectivity index (χ0n) is 12.1. The van der Waals surface area contributed by atoms with Crippen LogP contribution in [0.2, 0.25) is 0 Å². The van der Waals surface area contributed by atoms with E-state index < -0.39 is 11.9 Å². The molecule has 0 unspecified atom stereocenters. The number of aliphatic carboxylic acids is 2. The van der Waals surface area contributed by atoms with E-state index in [1.807, 2.05) is 24.3 Å². The molecule has 1 rings (SSSR count). The van der Waals surface area contributed by atoms with Crippen LogP contribution < -0.4 is 15.8 Å². The maximum atomic E-state index is 9.10. The van der Waals surface area contributed by atoms with Crippen molar-refractivity contribution < 1.29 is 24.5 Å². The topological polar surface area (TPSA) is 122 Å². The maximum absolute atomic E-state index is 9.10. The minimum Gasteiger partial charge on any atom is -0.494 e. The van der Waals surface area contributed by atoms with Crippen molar-refractivity contribution in [3.05, 3.63) is 28.7 Å². The minimum absolute atomic E-state index is 0.703. The van der Waals surface area contributed by atoms with E-state index in [4.69, 9.17) is 30.3 Å². The van der Waals surface area contributed by atoms with Gasteiger partial charge in [-0.05, 0) is 37.6 Å². The van der Waals surface area contributed by atoms with Crippen LogP contribution in [0.5, 0.6) is 5.75 Å². The molecule has 7 nitrogen and oxygen atoms in total. The predicted molar refractivity (Wildman–Crippen MR) is 86.1 cm³/mol. The Labute approximate surface area is 137 Å². The van der Waals surface area contributed by atoms with E-state index in [2.05, 4.69) is 21.2 Å². The normalized spacial score (nSPS) is 9.55. The van der Waals surface area contributed by atoms with Gasteiger partial charge in [-0.15, -0.1) is 0 Å². The van der Waals surface area contributed by atoms with Crippen LogP contribution in [-0.2, 0) is 9.59 Å². The van der Waals surface area contributed by atoms with Crippen LogP contribution in [0, 0.1) is 0 Å². The highest BCUT2D eigenvalue weighted by Crippen LogP contribution is 2.17. The Kier molecular flexibility index (Phi) is 12.1. The number of nitrogens with one attached hydrogen (secondary N) is 1. The number of hydrogen-bond acceptors (Lipinski definition) is 5. The van der Waals surface area contributed by atoms with Gasteiger partial charge in [0.1, 0.15) is 5.75 Å². The average Bonchev–Trinajstić information content (AvgIpc) is 2.47. The van der Waals surface area contributed by atoms with E-state index in [9.17, 15) is 0 Å². The summed E-state index contributed by atoms with van der Waals surface area (Å²) in [5, 5.41) is 18.0. The van der Waals surface area contributed by atoms with Crippen LogP contribution in [0.4, 0.5) is 0 Å². The van der Waals surface area contributed by atoms with Gasteiger partial charge in [-0.3, -0.25) is 0 Å². The van der Waals surface area contributed by atoms with Gasteiger partial charge in [0.2, 0.25) is 0 Å². The second-order valence-electron chi connectivity index (χ2n) is 4.16. The summed E-state index contributed by atoms with van der Waals surface area (Å²) in [5.41, 5.74) is 5.37. The van der Waals surface area contributed by atoms with Gasteiger partial charge in [-0.1, -0.05) is 22.0 Å².